The van der Waals surface area contributed by atoms with E-state index in [4.69, 9.17) is 0 Å². The first kappa shape index (κ1) is 9.68. The molecule has 3 nitrogen and oxygen atoms in total. The van der Waals surface area contributed by atoms with Gasteiger partial charge in [-0.05, 0) is 27.8 Å². The maximum atomic E-state index is 11.4. The molecule has 0 aromatic rings. The molecule has 0 amide bonds. The lowest BCUT2D eigenvalue weighted by Gasteiger charge is -2.24. The average molecular weight is 170 g/mol. The molecule has 1 N–H and O–H groups in total. The molecular formula is C9H18N2O. The molecule has 1 rings (SSSR count). The number of hydrogen-bond acceptors (Lipinski definition) is 3. The zero-order valence-electron chi connectivity index (χ0n) is 8.35. The van der Waals surface area contributed by atoms with Crippen LogP contribution >= 0.6 is 0 Å². The van der Waals surface area contributed by atoms with Crippen LogP contribution in [0.25, 0.3) is 0 Å². The van der Waals surface area contributed by atoms with Crippen molar-refractivity contribution in [1.29, 1.82) is 0 Å². The summed E-state index contributed by atoms with van der Waals surface area (Å²) in [4.78, 5) is 13.4. The second kappa shape index (κ2) is 3.15. The van der Waals surface area contributed by atoms with Gasteiger partial charge >= 0.3 is 0 Å². The van der Waals surface area contributed by atoms with Gasteiger partial charge in [0.05, 0.1) is 12.6 Å². The maximum absolute atomic E-state index is 11.4. The molecule has 0 aromatic carbocycles. The quantitative estimate of drug-likeness (QED) is 0.612. The summed E-state index contributed by atoms with van der Waals surface area (Å²) in [6.07, 6.45) is 0. The smallest absolute Gasteiger partial charge is 0.164 e. The van der Waals surface area contributed by atoms with Crippen molar-refractivity contribution in [3.05, 3.63) is 0 Å². The molecular weight excluding hydrogens is 152 g/mol. The lowest BCUT2D eigenvalue weighted by atomic mass is 10.1. The van der Waals surface area contributed by atoms with E-state index in [-0.39, 0.29) is 11.6 Å². The Hall–Kier alpha value is -0.410. The Morgan fingerprint density at radius 2 is 2.08 bits per heavy atom. The van der Waals surface area contributed by atoms with Crippen LogP contribution in [-0.4, -0.2) is 42.4 Å². The first-order chi connectivity index (χ1) is 5.38. The Morgan fingerprint density at radius 1 is 1.50 bits per heavy atom. The molecule has 0 unspecified atom stereocenters. The molecule has 1 atom stereocenters. The van der Waals surface area contributed by atoms with Gasteiger partial charge in [-0.25, -0.2) is 0 Å². The summed E-state index contributed by atoms with van der Waals surface area (Å²) in [5, 5.41) is 3.31. The standard InChI is InChI=1S/C9H18N2O/c1-9(2,3)10-7-5-11(4)6-8(7)12/h7,10H,5-6H2,1-4H3/t7-/m1/s1. The monoisotopic (exact) mass is 170 g/mol. The van der Waals surface area contributed by atoms with E-state index < -0.39 is 0 Å². The van der Waals surface area contributed by atoms with Crippen molar-refractivity contribution in [3.63, 3.8) is 0 Å². The molecule has 12 heavy (non-hydrogen) atoms. The fourth-order valence-electron chi connectivity index (χ4n) is 1.50. The molecule has 1 aliphatic heterocycles. The van der Waals surface area contributed by atoms with Crippen molar-refractivity contribution in [2.45, 2.75) is 32.4 Å². The van der Waals surface area contributed by atoms with Gasteiger partial charge in [0, 0.05) is 12.1 Å². The van der Waals surface area contributed by atoms with Crippen LogP contribution in [0.5, 0.6) is 0 Å². The molecule has 1 saturated heterocycles. The fourth-order valence-corrected chi connectivity index (χ4v) is 1.50. The predicted molar refractivity (Wildman–Crippen MR) is 49.2 cm³/mol. The van der Waals surface area contributed by atoms with E-state index in [1.54, 1.807) is 0 Å². The van der Waals surface area contributed by atoms with E-state index in [0.29, 0.717) is 12.3 Å². The predicted octanol–water partition coefficient (Wildman–Crippen LogP) is 0.258. The third-order valence-electron chi connectivity index (χ3n) is 1.92. The van der Waals surface area contributed by atoms with Crippen molar-refractivity contribution < 1.29 is 4.79 Å². The van der Waals surface area contributed by atoms with Crippen LogP contribution in [-0.2, 0) is 4.79 Å². The van der Waals surface area contributed by atoms with E-state index in [2.05, 4.69) is 26.1 Å². The zero-order valence-corrected chi connectivity index (χ0v) is 8.35. The molecule has 0 spiro atoms. The van der Waals surface area contributed by atoms with Gasteiger partial charge in [-0.3, -0.25) is 9.69 Å². The summed E-state index contributed by atoms with van der Waals surface area (Å²) >= 11 is 0. The summed E-state index contributed by atoms with van der Waals surface area (Å²) in [6.45, 7) is 7.68. The van der Waals surface area contributed by atoms with Gasteiger partial charge in [0.15, 0.2) is 5.78 Å². The molecule has 0 bridgehead atoms. The van der Waals surface area contributed by atoms with Gasteiger partial charge in [0.2, 0.25) is 0 Å². The number of nitrogens with zero attached hydrogens (tertiary/aromatic N) is 1. The number of likely N-dealkylation sites (tertiary alicyclic amines) is 1. The molecule has 0 aromatic heterocycles. The highest BCUT2D eigenvalue weighted by Crippen LogP contribution is 2.08. The number of rotatable bonds is 1. The number of ketones is 1. The zero-order chi connectivity index (χ0) is 9.35. The third-order valence-corrected chi connectivity index (χ3v) is 1.92. The van der Waals surface area contributed by atoms with Crippen molar-refractivity contribution in [2.24, 2.45) is 0 Å². The number of hydrogen-bond donors (Lipinski definition) is 1. The number of carbonyl (C=O) groups is 1. The average Bonchev–Trinajstić information content (AvgIpc) is 2.06. The molecule has 3 heteroatoms. The minimum absolute atomic E-state index is 0.0332. The van der Waals surface area contributed by atoms with E-state index in [1.165, 1.54) is 0 Å². The molecule has 70 valence electrons. The Bertz CT molecular complexity index is 183. The highest BCUT2D eigenvalue weighted by Gasteiger charge is 2.30. The van der Waals surface area contributed by atoms with Crippen molar-refractivity contribution in [2.75, 3.05) is 20.1 Å². The maximum Gasteiger partial charge on any atom is 0.164 e. The Morgan fingerprint density at radius 3 is 2.42 bits per heavy atom. The molecule has 0 saturated carbocycles. The SMILES string of the molecule is CN1CC(=O)[C@H](NC(C)(C)C)C1. The summed E-state index contributed by atoms with van der Waals surface area (Å²) in [5.41, 5.74) is 0.0332. The largest absolute Gasteiger partial charge is 0.302 e. The van der Waals surface area contributed by atoms with E-state index in [1.807, 2.05) is 11.9 Å². The van der Waals surface area contributed by atoms with Crippen LogP contribution in [0.3, 0.4) is 0 Å². The van der Waals surface area contributed by atoms with Gasteiger partial charge in [-0.15, -0.1) is 0 Å². The van der Waals surface area contributed by atoms with Gasteiger partial charge in [0.25, 0.3) is 0 Å². The number of carbonyl (C=O) groups excluding carboxylic acids is 1. The van der Waals surface area contributed by atoms with Crippen LogP contribution in [0, 0.1) is 0 Å². The second-order valence-electron chi connectivity index (χ2n) is 4.61. The molecule has 1 fully saturated rings. The van der Waals surface area contributed by atoms with Gasteiger partial charge < -0.3 is 5.32 Å². The van der Waals surface area contributed by atoms with Crippen molar-refractivity contribution in [3.8, 4) is 0 Å². The van der Waals surface area contributed by atoms with Gasteiger partial charge in [-0.1, -0.05) is 0 Å². The second-order valence-corrected chi connectivity index (χ2v) is 4.61. The highest BCUT2D eigenvalue weighted by molar-refractivity contribution is 5.88. The molecule has 0 aliphatic carbocycles. The first-order valence-electron chi connectivity index (χ1n) is 4.37. The number of likely N-dealkylation sites (N-methyl/N-ethyl adjacent to an activating group) is 1. The van der Waals surface area contributed by atoms with Crippen molar-refractivity contribution in [1.82, 2.24) is 10.2 Å². The van der Waals surface area contributed by atoms with Crippen molar-refractivity contribution >= 4 is 5.78 Å². The van der Waals surface area contributed by atoms with E-state index >= 15 is 0 Å². The molecule has 1 heterocycles. The fraction of sp³-hybridized carbons (Fsp3) is 0.889. The Balaban J connectivity index is 2.49. The van der Waals surface area contributed by atoms with Crippen LogP contribution in [0.2, 0.25) is 0 Å². The van der Waals surface area contributed by atoms with Crippen LogP contribution < -0.4 is 5.32 Å². The first-order valence-corrected chi connectivity index (χ1v) is 4.37. The van der Waals surface area contributed by atoms with Gasteiger partial charge in [0.1, 0.15) is 0 Å². The Kier molecular flexibility index (Phi) is 2.54. The lowest BCUT2D eigenvalue weighted by Crippen LogP contribution is -2.47. The molecule has 0 radical (unpaired) electrons. The summed E-state index contributed by atoms with van der Waals surface area (Å²) < 4.78 is 0. The minimum Gasteiger partial charge on any atom is -0.302 e. The van der Waals surface area contributed by atoms with Crippen LogP contribution in [0.1, 0.15) is 20.8 Å². The normalized spacial score (nSPS) is 26.7. The molecule has 1 aliphatic rings. The van der Waals surface area contributed by atoms with Crippen LogP contribution in [0.15, 0.2) is 0 Å². The minimum atomic E-state index is 0.0332. The lowest BCUT2D eigenvalue weighted by molar-refractivity contribution is -0.118. The van der Waals surface area contributed by atoms with E-state index in [9.17, 15) is 4.79 Å². The third kappa shape index (κ3) is 2.57. The summed E-state index contributed by atoms with van der Waals surface area (Å²) in [6, 6.07) is 0.0370. The number of Topliss-reactive ketones (excluding diaryl/α,β-unsaturated/α-hetero) is 1. The van der Waals surface area contributed by atoms with E-state index in [0.717, 1.165) is 6.54 Å². The Labute approximate surface area is 74.1 Å². The highest BCUT2D eigenvalue weighted by atomic mass is 16.1. The summed E-state index contributed by atoms with van der Waals surface area (Å²) in [7, 11) is 1.97. The van der Waals surface area contributed by atoms with Crippen LogP contribution in [0.4, 0.5) is 0 Å². The summed E-state index contributed by atoms with van der Waals surface area (Å²) in [5.74, 6) is 0.312. The topological polar surface area (TPSA) is 32.3 Å². The number of nitrogens with one attached hydrogen (secondary N) is 1. The van der Waals surface area contributed by atoms with Gasteiger partial charge in [-0.2, -0.15) is 0 Å².